The van der Waals surface area contributed by atoms with Gasteiger partial charge in [0.1, 0.15) is 48.8 Å². The molecule has 0 radical (unpaired) electrons. The van der Waals surface area contributed by atoms with Crippen molar-refractivity contribution in [3.8, 4) is 0 Å². The van der Waals surface area contributed by atoms with Crippen LogP contribution >= 0.6 is 0 Å². The van der Waals surface area contributed by atoms with Gasteiger partial charge in [0.05, 0.1) is 32.0 Å². The second-order valence-corrected chi connectivity index (χ2v) is 24.7. The number of ether oxygens (including phenoxy) is 4. The van der Waals surface area contributed by atoms with Crippen LogP contribution in [0.2, 0.25) is 0 Å². The van der Waals surface area contributed by atoms with E-state index in [-0.39, 0.29) is 18.9 Å². The molecule has 2 fully saturated rings. The Morgan fingerprint density at radius 3 is 1.14 bits per heavy atom. The average Bonchev–Trinajstić information content (AvgIpc) is 3.62. The molecule has 2 aliphatic heterocycles. The maximum absolute atomic E-state index is 13.3. The molecule has 0 saturated carbocycles. The van der Waals surface area contributed by atoms with E-state index in [4.69, 9.17) is 18.9 Å². The summed E-state index contributed by atoms with van der Waals surface area (Å²) in [7, 11) is 0. The van der Waals surface area contributed by atoms with E-state index in [0.717, 1.165) is 38.5 Å². The van der Waals surface area contributed by atoms with Gasteiger partial charge in [-0.1, -0.05) is 302 Å². The van der Waals surface area contributed by atoms with Gasteiger partial charge < -0.3 is 65.1 Å². The number of hydrogen-bond donors (Lipinski definition) is 9. The van der Waals surface area contributed by atoms with E-state index >= 15 is 0 Å². The third-order valence-electron chi connectivity index (χ3n) is 17.2. The normalized spacial score (nSPS) is 24.1. The summed E-state index contributed by atoms with van der Waals surface area (Å²) in [6.45, 7) is 2.86. The first kappa shape index (κ1) is 75.8. The Balaban J connectivity index is 1.69. The molecule has 2 heterocycles. The van der Waals surface area contributed by atoms with Crippen LogP contribution in [0.5, 0.6) is 0 Å². The number of unbranched alkanes of at least 4 members (excludes halogenated alkanes) is 44. The summed E-state index contributed by atoms with van der Waals surface area (Å²) in [6.07, 6.45) is 46.9. The lowest BCUT2D eigenvalue weighted by Crippen LogP contribution is -2.65. The fourth-order valence-electron chi connectivity index (χ4n) is 11.7. The first-order chi connectivity index (χ1) is 39.6. The largest absolute Gasteiger partial charge is 0.394 e. The van der Waals surface area contributed by atoms with Crippen LogP contribution in [0, 0.1) is 0 Å². The Bertz CT molecular complexity index is 1410. The SMILES string of the molecule is CCCCCCCCCCCCCCCCCCCCC/C=C/C(O)C(COC1OC(CO)C(OC2OC(CO)C(O)C(O)C2O)C(O)C1O)NC(=O)CCCCCCCCCCCCCCCCCCCCCCCCCCCC. The van der Waals surface area contributed by atoms with Gasteiger partial charge in [-0.25, -0.2) is 0 Å². The first-order valence-corrected chi connectivity index (χ1v) is 34.4. The highest BCUT2D eigenvalue weighted by atomic mass is 16.7. The van der Waals surface area contributed by atoms with Crippen molar-refractivity contribution in [3.63, 3.8) is 0 Å². The molecule has 0 aromatic rings. The predicted molar refractivity (Wildman–Crippen MR) is 328 cm³/mol. The summed E-state index contributed by atoms with van der Waals surface area (Å²) in [5.41, 5.74) is 0. The van der Waals surface area contributed by atoms with Crippen LogP contribution in [-0.2, 0) is 23.7 Å². The number of carbonyl (C=O) groups excluding carboxylic acids is 1. The molecule has 14 heteroatoms. The highest BCUT2D eigenvalue weighted by molar-refractivity contribution is 5.76. The van der Waals surface area contributed by atoms with Crippen molar-refractivity contribution in [1.29, 1.82) is 0 Å². The van der Waals surface area contributed by atoms with Gasteiger partial charge in [0.2, 0.25) is 5.91 Å². The molecule has 12 atom stereocenters. The number of aliphatic hydroxyl groups excluding tert-OH is 8. The minimum absolute atomic E-state index is 0.231. The molecule has 0 aliphatic carbocycles. The first-order valence-electron chi connectivity index (χ1n) is 34.4. The quantitative estimate of drug-likeness (QED) is 0.0204. The molecule has 12 unspecified atom stereocenters. The third-order valence-corrected chi connectivity index (χ3v) is 17.2. The van der Waals surface area contributed by atoms with Gasteiger partial charge in [0.25, 0.3) is 0 Å². The number of aliphatic hydroxyl groups is 8. The number of carbonyl (C=O) groups is 1. The lowest BCUT2D eigenvalue weighted by atomic mass is 9.97. The van der Waals surface area contributed by atoms with E-state index in [9.17, 15) is 45.6 Å². The highest BCUT2D eigenvalue weighted by Gasteiger charge is 2.51. The van der Waals surface area contributed by atoms with Gasteiger partial charge in [0, 0.05) is 6.42 Å². The second-order valence-electron chi connectivity index (χ2n) is 24.7. The van der Waals surface area contributed by atoms with E-state index in [1.54, 1.807) is 6.08 Å². The summed E-state index contributed by atoms with van der Waals surface area (Å²) in [4.78, 5) is 13.3. The smallest absolute Gasteiger partial charge is 0.220 e. The topological polar surface area (TPSA) is 228 Å². The second kappa shape index (κ2) is 53.0. The highest BCUT2D eigenvalue weighted by Crippen LogP contribution is 2.30. The van der Waals surface area contributed by atoms with Crippen LogP contribution in [0.4, 0.5) is 0 Å². The molecule has 2 aliphatic rings. The Morgan fingerprint density at radius 1 is 0.432 bits per heavy atom. The van der Waals surface area contributed by atoms with Crippen LogP contribution < -0.4 is 5.32 Å². The number of allylic oxidation sites excluding steroid dienone is 1. The van der Waals surface area contributed by atoms with Crippen LogP contribution in [0.25, 0.3) is 0 Å². The fourth-order valence-corrected chi connectivity index (χ4v) is 11.7. The Morgan fingerprint density at radius 2 is 0.765 bits per heavy atom. The lowest BCUT2D eigenvalue weighted by molar-refractivity contribution is -0.359. The summed E-state index contributed by atoms with van der Waals surface area (Å²) in [5, 5.41) is 87.4. The van der Waals surface area contributed by atoms with Crippen molar-refractivity contribution in [2.45, 2.75) is 389 Å². The zero-order chi connectivity index (χ0) is 58.8. The zero-order valence-electron chi connectivity index (χ0n) is 52.1. The number of rotatable bonds is 57. The zero-order valence-corrected chi connectivity index (χ0v) is 52.1. The van der Waals surface area contributed by atoms with Crippen molar-refractivity contribution < 1.29 is 64.6 Å². The lowest BCUT2D eigenvalue weighted by Gasteiger charge is -2.46. The van der Waals surface area contributed by atoms with Crippen LogP contribution in [-0.4, -0.2) is 140 Å². The Kier molecular flexibility index (Phi) is 49.6. The van der Waals surface area contributed by atoms with Crippen molar-refractivity contribution in [1.82, 2.24) is 5.32 Å². The van der Waals surface area contributed by atoms with Gasteiger partial charge in [-0.05, 0) is 19.3 Å². The van der Waals surface area contributed by atoms with Crippen molar-refractivity contribution in [3.05, 3.63) is 12.2 Å². The van der Waals surface area contributed by atoms with Crippen LogP contribution in [0.3, 0.4) is 0 Å². The number of amides is 1. The van der Waals surface area contributed by atoms with Gasteiger partial charge >= 0.3 is 0 Å². The maximum Gasteiger partial charge on any atom is 0.220 e. The molecule has 14 nitrogen and oxygen atoms in total. The summed E-state index contributed by atoms with van der Waals surface area (Å²) >= 11 is 0. The van der Waals surface area contributed by atoms with E-state index < -0.39 is 86.8 Å². The molecular weight excluding hydrogens is 1030 g/mol. The molecule has 1 amide bonds. The molecule has 0 aromatic carbocycles. The van der Waals surface area contributed by atoms with E-state index in [2.05, 4.69) is 19.2 Å². The van der Waals surface area contributed by atoms with E-state index in [1.807, 2.05) is 6.08 Å². The van der Waals surface area contributed by atoms with Gasteiger partial charge in [-0.15, -0.1) is 0 Å². The third kappa shape index (κ3) is 37.8. The minimum atomic E-state index is -1.79. The van der Waals surface area contributed by atoms with E-state index in [0.29, 0.717) is 6.42 Å². The van der Waals surface area contributed by atoms with Crippen molar-refractivity contribution in [2.24, 2.45) is 0 Å². The van der Waals surface area contributed by atoms with Gasteiger partial charge in [0.15, 0.2) is 12.6 Å². The maximum atomic E-state index is 13.3. The van der Waals surface area contributed by atoms with E-state index in [1.165, 1.54) is 250 Å². The average molecular weight is 1160 g/mol. The summed E-state index contributed by atoms with van der Waals surface area (Å²) in [5.74, 6) is -0.231. The Labute approximate surface area is 495 Å². The van der Waals surface area contributed by atoms with Crippen LogP contribution in [0.15, 0.2) is 12.2 Å². The molecule has 0 bridgehead atoms. The standard InChI is InChI=1S/C67H129NO13/c1-3-5-7-9-11-13-15-17-19-21-23-25-26-27-28-29-31-33-35-37-39-41-43-45-47-49-51-59(72)68-55(56(71)50-48-46-44-42-40-38-36-34-32-30-24-22-20-18-16-14-12-10-8-6-4-2)54-78-66-64(77)62(75)65(58(53-70)80-66)81-67-63(76)61(74)60(73)57(52-69)79-67/h48,50,55-58,60-67,69-71,73-77H,3-47,49,51-54H2,1-2H3,(H,68,72)/b50-48+. The molecule has 81 heavy (non-hydrogen) atoms. The molecular formula is C67H129NO13. The van der Waals surface area contributed by atoms with Crippen molar-refractivity contribution in [2.75, 3.05) is 19.8 Å². The molecule has 9 N–H and O–H groups in total. The predicted octanol–water partition coefficient (Wildman–Crippen LogP) is 13.4. The molecule has 2 rings (SSSR count). The fraction of sp³-hybridized carbons (Fsp3) is 0.955. The molecule has 2 saturated heterocycles. The van der Waals surface area contributed by atoms with Crippen LogP contribution in [0.1, 0.15) is 316 Å². The Hall–Kier alpha value is -1.27. The molecule has 0 aromatic heterocycles. The number of nitrogens with one attached hydrogen (secondary N) is 1. The monoisotopic (exact) mass is 1160 g/mol. The minimum Gasteiger partial charge on any atom is -0.394 e. The van der Waals surface area contributed by atoms with Gasteiger partial charge in [-0.2, -0.15) is 0 Å². The number of hydrogen-bond acceptors (Lipinski definition) is 13. The summed E-state index contributed by atoms with van der Waals surface area (Å²) in [6, 6.07) is -0.911. The molecule has 480 valence electrons. The molecule has 0 spiro atoms. The summed E-state index contributed by atoms with van der Waals surface area (Å²) < 4.78 is 22.9. The van der Waals surface area contributed by atoms with Crippen molar-refractivity contribution >= 4 is 5.91 Å². The van der Waals surface area contributed by atoms with Gasteiger partial charge in [-0.3, -0.25) is 4.79 Å².